The maximum atomic E-state index is 11.4. The van der Waals surface area contributed by atoms with Crippen molar-refractivity contribution in [3.05, 3.63) is 46.5 Å². The van der Waals surface area contributed by atoms with E-state index in [4.69, 9.17) is 22.1 Å². The molecule has 1 aliphatic heterocycles. The van der Waals surface area contributed by atoms with Gasteiger partial charge in [-0.2, -0.15) is 0 Å². The molecule has 2 aromatic carbocycles. The number of carbonyl (C=O) groups excluding carboxylic acids is 1. The molecular weight excluding hydrogens is 276 g/mol. The monoisotopic (exact) mass is 288 g/mol. The van der Waals surface area contributed by atoms with Crippen LogP contribution in [0, 0.1) is 6.92 Å². The Morgan fingerprint density at radius 1 is 1.25 bits per heavy atom. The lowest BCUT2D eigenvalue weighted by molar-refractivity contribution is -0.115. The number of nitrogen functional groups attached to an aromatic ring is 1. The van der Waals surface area contributed by atoms with E-state index in [1.54, 1.807) is 18.2 Å². The van der Waals surface area contributed by atoms with Crippen molar-refractivity contribution < 1.29 is 9.53 Å². The minimum Gasteiger partial charge on any atom is -0.454 e. The van der Waals surface area contributed by atoms with Crippen LogP contribution < -0.4 is 15.8 Å². The fourth-order valence-electron chi connectivity index (χ4n) is 2.17. The van der Waals surface area contributed by atoms with Crippen LogP contribution in [0.2, 0.25) is 5.02 Å². The van der Waals surface area contributed by atoms with Crippen molar-refractivity contribution in [3.63, 3.8) is 0 Å². The molecule has 0 fully saturated rings. The molecule has 1 aliphatic rings. The van der Waals surface area contributed by atoms with Gasteiger partial charge in [0.25, 0.3) is 0 Å². The number of aryl methyl sites for hydroxylation is 1. The molecule has 0 spiro atoms. The third kappa shape index (κ3) is 2.30. The zero-order chi connectivity index (χ0) is 14.3. The van der Waals surface area contributed by atoms with Crippen molar-refractivity contribution >= 4 is 28.9 Å². The lowest BCUT2D eigenvalue weighted by atomic mass is 10.1. The number of amides is 1. The molecule has 5 heteroatoms. The van der Waals surface area contributed by atoms with Crippen LogP contribution in [0.3, 0.4) is 0 Å². The van der Waals surface area contributed by atoms with Gasteiger partial charge in [0.05, 0.1) is 17.1 Å². The topological polar surface area (TPSA) is 64.3 Å². The zero-order valence-corrected chi connectivity index (χ0v) is 11.6. The second kappa shape index (κ2) is 4.72. The first-order valence-corrected chi connectivity index (χ1v) is 6.57. The van der Waals surface area contributed by atoms with E-state index in [0.29, 0.717) is 28.6 Å². The number of hydrogen-bond donors (Lipinski definition) is 2. The first-order chi connectivity index (χ1) is 9.52. The largest absolute Gasteiger partial charge is 0.454 e. The molecule has 3 rings (SSSR count). The molecule has 3 N–H and O–H groups in total. The van der Waals surface area contributed by atoms with Gasteiger partial charge in [0.1, 0.15) is 5.75 Å². The summed E-state index contributed by atoms with van der Waals surface area (Å²) in [6, 6.07) is 9.01. The minimum atomic E-state index is -0.0371. The Morgan fingerprint density at radius 2 is 2.05 bits per heavy atom. The van der Waals surface area contributed by atoms with Crippen LogP contribution in [0.25, 0.3) is 0 Å². The number of halogens is 1. The predicted octanol–water partition coefficient (Wildman–Crippen LogP) is 3.52. The fourth-order valence-corrected chi connectivity index (χ4v) is 2.44. The highest BCUT2D eigenvalue weighted by atomic mass is 35.5. The summed E-state index contributed by atoms with van der Waals surface area (Å²) in [6.07, 6.45) is 0.352. The highest BCUT2D eigenvalue weighted by molar-refractivity contribution is 6.32. The Hall–Kier alpha value is -2.20. The first-order valence-electron chi connectivity index (χ1n) is 6.19. The maximum Gasteiger partial charge on any atom is 0.228 e. The Balaban J connectivity index is 1.95. The van der Waals surface area contributed by atoms with Crippen molar-refractivity contribution in [2.75, 3.05) is 11.1 Å². The van der Waals surface area contributed by atoms with Gasteiger partial charge < -0.3 is 15.8 Å². The van der Waals surface area contributed by atoms with Gasteiger partial charge in [-0.25, -0.2) is 0 Å². The Kier molecular flexibility index (Phi) is 3.03. The zero-order valence-electron chi connectivity index (χ0n) is 10.9. The summed E-state index contributed by atoms with van der Waals surface area (Å²) in [5, 5.41) is 3.29. The summed E-state index contributed by atoms with van der Waals surface area (Å²) < 4.78 is 5.75. The van der Waals surface area contributed by atoms with Gasteiger partial charge in [-0.15, -0.1) is 0 Å². The highest BCUT2D eigenvalue weighted by Gasteiger charge is 2.20. The lowest BCUT2D eigenvalue weighted by Crippen LogP contribution is -2.03. The van der Waals surface area contributed by atoms with Gasteiger partial charge in [0.2, 0.25) is 5.91 Å². The van der Waals surface area contributed by atoms with Gasteiger partial charge >= 0.3 is 0 Å². The number of ether oxygens (including phenoxy) is 1. The summed E-state index contributed by atoms with van der Waals surface area (Å²) in [4.78, 5) is 11.4. The lowest BCUT2D eigenvalue weighted by Gasteiger charge is -2.12. The maximum absolute atomic E-state index is 11.4. The van der Waals surface area contributed by atoms with Gasteiger partial charge in [0, 0.05) is 11.8 Å². The molecule has 20 heavy (non-hydrogen) atoms. The SMILES string of the molecule is Cc1ccc(Oc2cc3c(cc2N)CC(=O)N3)c(Cl)c1. The van der Waals surface area contributed by atoms with Crippen molar-refractivity contribution in [1.82, 2.24) is 0 Å². The highest BCUT2D eigenvalue weighted by Crippen LogP contribution is 2.37. The average Bonchev–Trinajstić information content (AvgIpc) is 2.72. The third-order valence-corrected chi connectivity index (χ3v) is 3.46. The van der Waals surface area contributed by atoms with E-state index in [-0.39, 0.29) is 5.91 Å². The molecule has 102 valence electrons. The van der Waals surface area contributed by atoms with E-state index >= 15 is 0 Å². The molecule has 0 saturated carbocycles. The molecule has 1 amide bonds. The molecule has 0 atom stereocenters. The summed E-state index contributed by atoms with van der Waals surface area (Å²) in [5.74, 6) is 0.981. The molecule has 0 saturated heterocycles. The number of hydrogen-bond acceptors (Lipinski definition) is 3. The second-order valence-electron chi connectivity index (χ2n) is 4.81. The van der Waals surface area contributed by atoms with Crippen LogP contribution >= 0.6 is 11.6 Å². The van der Waals surface area contributed by atoms with Crippen LogP contribution in [0.15, 0.2) is 30.3 Å². The van der Waals surface area contributed by atoms with Crippen molar-refractivity contribution in [2.24, 2.45) is 0 Å². The molecule has 0 aliphatic carbocycles. The Bertz CT molecular complexity index is 713. The number of nitrogens with two attached hydrogens (primary N) is 1. The molecule has 0 unspecified atom stereocenters. The Labute approximate surface area is 121 Å². The number of anilines is 2. The van der Waals surface area contributed by atoms with Gasteiger partial charge in [-0.1, -0.05) is 17.7 Å². The van der Waals surface area contributed by atoms with E-state index in [2.05, 4.69) is 5.32 Å². The quantitative estimate of drug-likeness (QED) is 0.831. The third-order valence-electron chi connectivity index (χ3n) is 3.17. The molecule has 4 nitrogen and oxygen atoms in total. The van der Waals surface area contributed by atoms with E-state index in [0.717, 1.165) is 16.8 Å². The first kappa shape index (κ1) is 12.8. The van der Waals surface area contributed by atoms with Crippen LogP contribution in [0.5, 0.6) is 11.5 Å². The molecule has 0 radical (unpaired) electrons. The van der Waals surface area contributed by atoms with Gasteiger partial charge in [0.15, 0.2) is 5.75 Å². The molecule has 2 aromatic rings. The van der Waals surface area contributed by atoms with E-state index in [9.17, 15) is 4.79 Å². The number of carbonyl (C=O) groups is 1. The summed E-state index contributed by atoms with van der Waals surface area (Å²) >= 11 is 6.14. The normalized spacial score (nSPS) is 13.0. The van der Waals surface area contributed by atoms with E-state index in [1.807, 2.05) is 19.1 Å². The molecule has 0 aromatic heterocycles. The molecule has 1 heterocycles. The van der Waals surface area contributed by atoms with Crippen molar-refractivity contribution in [2.45, 2.75) is 13.3 Å². The second-order valence-corrected chi connectivity index (χ2v) is 5.22. The fraction of sp³-hybridized carbons (Fsp3) is 0.133. The Morgan fingerprint density at radius 3 is 2.80 bits per heavy atom. The number of fused-ring (bicyclic) bond motifs is 1. The van der Waals surface area contributed by atoms with E-state index < -0.39 is 0 Å². The number of nitrogens with one attached hydrogen (secondary N) is 1. The number of rotatable bonds is 2. The van der Waals surface area contributed by atoms with Gasteiger partial charge in [-0.05, 0) is 36.2 Å². The average molecular weight is 289 g/mol. The number of benzene rings is 2. The van der Waals surface area contributed by atoms with Gasteiger partial charge in [-0.3, -0.25) is 4.79 Å². The van der Waals surface area contributed by atoms with E-state index in [1.165, 1.54) is 0 Å². The standard InChI is InChI=1S/C15H13ClN2O2/c1-8-2-3-13(10(16)4-8)20-14-7-12-9(5-11(14)17)6-15(19)18-12/h2-5,7H,6,17H2,1H3,(H,18,19). The molecule has 0 bridgehead atoms. The summed E-state index contributed by atoms with van der Waals surface area (Å²) in [5.41, 5.74) is 9.12. The van der Waals surface area contributed by atoms with Crippen LogP contribution in [-0.2, 0) is 11.2 Å². The molecular formula is C15H13ClN2O2. The minimum absolute atomic E-state index is 0.0371. The van der Waals surface area contributed by atoms with Crippen LogP contribution in [0.4, 0.5) is 11.4 Å². The predicted molar refractivity (Wildman–Crippen MR) is 79.5 cm³/mol. The van der Waals surface area contributed by atoms with Crippen LogP contribution in [-0.4, -0.2) is 5.91 Å². The van der Waals surface area contributed by atoms with Crippen molar-refractivity contribution in [1.29, 1.82) is 0 Å². The summed E-state index contributed by atoms with van der Waals surface area (Å²) in [6.45, 7) is 1.95. The van der Waals surface area contributed by atoms with Crippen LogP contribution in [0.1, 0.15) is 11.1 Å². The van der Waals surface area contributed by atoms with Crippen molar-refractivity contribution in [3.8, 4) is 11.5 Å². The summed E-state index contributed by atoms with van der Waals surface area (Å²) in [7, 11) is 0. The smallest absolute Gasteiger partial charge is 0.228 e.